The van der Waals surface area contributed by atoms with E-state index in [1.165, 1.54) is 30.7 Å². The lowest BCUT2D eigenvalue weighted by molar-refractivity contribution is -0.181. The van der Waals surface area contributed by atoms with Gasteiger partial charge < -0.3 is 15.0 Å². The second-order valence-electron chi connectivity index (χ2n) is 9.20. The van der Waals surface area contributed by atoms with Gasteiger partial charge in [-0.25, -0.2) is 4.79 Å². The van der Waals surface area contributed by atoms with Crippen LogP contribution in [0.5, 0.6) is 0 Å². The zero-order valence-electron chi connectivity index (χ0n) is 20.9. The third kappa shape index (κ3) is 3.75. The van der Waals surface area contributed by atoms with Gasteiger partial charge in [-0.2, -0.15) is 0 Å². The zero-order chi connectivity index (χ0) is 26.9. The molecule has 0 saturated carbocycles. The molecule has 3 aromatic carbocycles. The van der Waals surface area contributed by atoms with E-state index in [0.717, 1.165) is 5.56 Å². The van der Waals surface area contributed by atoms with Crippen molar-refractivity contribution in [2.45, 2.75) is 29.8 Å². The third-order valence-electron chi connectivity index (χ3n) is 7.05. The number of Topliss-reactive ketones (excluding diaryl/α,β-unsaturated/α-hetero) is 1. The standard InChI is InChI=1S/C30H26N2O5S/c1-20(33)24-19-38-27-29(22-14-8-4-9-15-22,31-25(34)18-21-12-6-3-7-13-21)26(35)32(27)30(24,28(36)37-2)23-16-10-5-11-17-23/h3-17,19,27H,18H2,1-2H3,(H,31,34)/t27-,29+,30?/m0/s1. The normalized spacial score (nSPS) is 23.9. The van der Waals surface area contributed by atoms with Crippen LogP contribution in [-0.4, -0.2) is 41.0 Å². The molecule has 2 aliphatic heterocycles. The van der Waals surface area contributed by atoms with E-state index in [2.05, 4.69) is 5.32 Å². The Morgan fingerprint density at radius 1 is 0.895 bits per heavy atom. The number of fused-ring (bicyclic) bond motifs is 1. The van der Waals surface area contributed by atoms with E-state index in [4.69, 9.17) is 4.74 Å². The Labute approximate surface area is 224 Å². The van der Waals surface area contributed by atoms with Crippen molar-refractivity contribution >= 4 is 35.3 Å². The predicted octanol–water partition coefficient (Wildman–Crippen LogP) is 3.70. The summed E-state index contributed by atoms with van der Waals surface area (Å²) in [5.74, 6) is -1.94. The van der Waals surface area contributed by atoms with E-state index in [1.807, 2.05) is 36.4 Å². The lowest BCUT2D eigenvalue weighted by Gasteiger charge is -2.62. The number of nitrogens with zero attached hydrogens (tertiary/aromatic N) is 1. The van der Waals surface area contributed by atoms with Gasteiger partial charge in [0.2, 0.25) is 5.91 Å². The molecule has 3 aromatic rings. The second-order valence-corrected chi connectivity index (χ2v) is 10.2. The number of hydrogen-bond acceptors (Lipinski definition) is 6. The van der Waals surface area contributed by atoms with E-state index in [0.29, 0.717) is 11.1 Å². The molecule has 1 fully saturated rings. The fraction of sp³-hybridized carbons (Fsp3) is 0.200. The largest absolute Gasteiger partial charge is 0.467 e. The number of carbonyl (C=O) groups excluding carboxylic acids is 4. The molecule has 1 unspecified atom stereocenters. The van der Waals surface area contributed by atoms with Gasteiger partial charge in [-0.1, -0.05) is 91.0 Å². The number of amides is 2. The first-order chi connectivity index (χ1) is 18.4. The Morgan fingerprint density at radius 2 is 1.45 bits per heavy atom. The topological polar surface area (TPSA) is 92.8 Å². The molecule has 1 N–H and O–H groups in total. The molecule has 7 nitrogen and oxygen atoms in total. The van der Waals surface area contributed by atoms with Gasteiger partial charge in [0.1, 0.15) is 5.37 Å². The quantitative estimate of drug-likeness (QED) is 0.373. The summed E-state index contributed by atoms with van der Waals surface area (Å²) in [5.41, 5.74) is -1.28. The lowest BCUT2D eigenvalue weighted by atomic mass is 9.71. The number of nitrogens with one attached hydrogen (secondary N) is 1. The highest BCUT2D eigenvalue weighted by Gasteiger charge is 2.73. The maximum absolute atomic E-state index is 14.4. The molecule has 192 valence electrons. The molecule has 2 aliphatic rings. The van der Waals surface area contributed by atoms with Crippen LogP contribution in [0.4, 0.5) is 0 Å². The summed E-state index contributed by atoms with van der Waals surface area (Å²) in [5, 5.41) is 3.92. The monoisotopic (exact) mass is 526 g/mol. The highest BCUT2D eigenvalue weighted by Crippen LogP contribution is 2.58. The first-order valence-electron chi connectivity index (χ1n) is 12.1. The maximum Gasteiger partial charge on any atom is 0.341 e. The van der Waals surface area contributed by atoms with Gasteiger partial charge in [0.05, 0.1) is 13.5 Å². The maximum atomic E-state index is 14.4. The molecular formula is C30H26N2O5S. The van der Waals surface area contributed by atoms with Crippen molar-refractivity contribution in [2.24, 2.45) is 0 Å². The molecule has 0 spiro atoms. The fourth-order valence-corrected chi connectivity index (χ4v) is 6.83. The molecule has 3 atom stereocenters. The minimum absolute atomic E-state index is 0.0788. The first kappa shape index (κ1) is 25.5. The molecule has 8 heteroatoms. The average Bonchev–Trinajstić information content (AvgIpc) is 2.95. The smallest absolute Gasteiger partial charge is 0.341 e. The summed E-state index contributed by atoms with van der Waals surface area (Å²) in [4.78, 5) is 55.7. The van der Waals surface area contributed by atoms with Gasteiger partial charge in [-0.05, 0) is 29.0 Å². The van der Waals surface area contributed by atoms with Gasteiger partial charge in [0.25, 0.3) is 5.91 Å². The van der Waals surface area contributed by atoms with Crippen molar-refractivity contribution in [3.8, 4) is 0 Å². The number of esters is 1. The number of β-lactam (4-membered cyclic amide) rings is 1. The summed E-state index contributed by atoms with van der Waals surface area (Å²) in [6.07, 6.45) is 0.0788. The number of methoxy groups -OCH3 is 1. The van der Waals surface area contributed by atoms with Gasteiger partial charge in [0.15, 0.2) is 16.9 Å². The van der Waals surface area contributed by atoms with Gasteiger partial charge in [-0.15, -0.1) is 11.8 Å². The Kier molecular flexibility index (Phi) is 6.67. The number of benzene rings is 3. The van der Waals surface area contributed by atoms with Crippen LogP contribution < -0.4 is 5.32 Å². The highest BCUT2D eigenvalue weighted by atomic mass is 32.2. The summed E-state index contributed by atoms with van der Waals surface area (Å²) in [6.45, 7) is 1.36. The minimum atomic E-state index is -1.79. The molecular weight excluding hydrogens is 500 g/mol. The van der Waals surface area contributed by atoms with Crippen molar-refractivity contribution in [3.05, 3.63) is 119 Å². The van der Waals surface area contributed by atoms with E-state index >= 15 is 0 Å². The zero-order valence-corrected chi connectivity index (χ0v) is 21.7. The Balaban J connectivity index is 1.66. The summed E-state index contributed by atoms with van der Waals surface area (Å²) < 4.78 is 5.24. The molecule has 38 heavy (non-hydrogen) atoms. The molecule has 0 aromatic heterocycles. The molecule has 2 amide bonds. The van der Waals surface area contributed by atoms with Crippen LogP contribution >= 0.6 is 11.8 Å². The Hall–Kier alpha value is -4.17. The molecule has 0 radical (unpaired) electrons. The molecule has 0 bridgehead atoms. The minimum Gasteiger partial charge on any atom is -0.467 e. The van der Waals surface area contributed by atoms with Gasteiger partial charge in [-0.3, -0.25) is 14.4 Å². The number of rotatable bonds is 7. The summed E-state index contributed by atoms with van der Waals surface area (Å²) >= 11 is 1.23. The van der Waals surface area contributed by atoms with E-state index in [1.54, 1.807) is 60.0 Å². The van der Waals surface area contributed by atoms with E-state index in [9.17, 15) is 19.2 Å². The van der Waals surface area contributed by atoms with Crippen molar-refractivity contribution in [3.63, 3.8) is 0 Å². The number of ketones is 1. The van der Waals surface area contributed by atoms with Crippen LogP contribution in [0, 0.1) is 0 Å². The van der Waals surface area contributed by atoms with Crippen LogP contribution in [0.1, 0.15) is 23.6 Å². The van der Waals surface area contributed by atoms with Crippen molar-refractivity contribution in [1.82, 2.24) is 10.2 Å². The van der Waals surface area contributed by atoms with Crippen LogP contribution in [0.3, 0.4) is 0 Å². The fourth-order valence-electron chi connectivity index (χ4n) is 5.35. The number of hydrogen-bond donors (Lipinski definition) is 1. The summed E-state index contributed by atoms with van der Waals surface area (Å²) in [6, 6.07) is 26.9. The van der Waals surface area contributed by atoms with Crippen LogP contribution in [0.2, 0.25) is 0 Å². The first-order valence-corrected chi connectivity index (χ1v) is 13.1. The van der Waals surface area contributed by atoms with Crippen LogP contribution in [-0.2, 0) is 41.4 Å². The SMILES string of the molecule is COC(=O)C1(c2ccccc2)C(C(C)=O)=CS[C@@H]2N1C(=O)[C@]2(NC(=O)Cc1ccccc1)c1ccccc1. The van der Waals surface area contributed by atoms with Crippen molar-refractivity contribution in [2.75, 3.05) is 7.11 Å². The number of ether oxygens (including phenoxy) is 1. The van der Waals surface area contributed by atoms with Crippen LogP contribution in [0.15, 0.2) is 102 Å². The Morgan fingerprint density at radius 3 is 2.00 bits per heavy atom. The highest BCUT2D eigenvalue weighted by molar-refractivity contribution is 8.03. The Bertz CT molecular complexity index is 1430. The van der Waals surface area contributed by atoms with Gasteiger partial charge >= 0.3 is 5.97 Å². The van der Waals surface area contributed by atoms with Crippen molar-refractivity contribution in [1.29, 1.82) is 0 Å². The van der Waals surface area contributed by atoms with Crippen LogP contribution in [0.25, 0.3) is 0 Å². The number of carbonyl (C=O) groups is 4. The molecule has 1 saturated heterocycles. The van der Waals surface area contributed by atoms with Gasteiger partial charge in [0, 0.05) is 5.57 Å². The second kappa shape index (κ2) is 9.95. The summed E-state index contributed by atoms with van der Waals surface area (Å²) in [7, 11) is 1.23. The number of thioether (sulfide) groups is 1. The lowest BCUT2D eigenvalue weighted by Crippen LogP contribution is -2.82. The molecule has 2 heterocycles. The molecule has 5 rings (SSSR count). The third-order valence-corrected chi connectivity index (χ3v) is 8.25. The molecule has 0 aliphatic carbocycles. The van der Waals surface area contributed by atoms with E-state index in [-0.39, 0.29) is 23.7 Å². The van der Waals surface area contributed by atoms with E-state index < -0.39 is 28.3 Å². The van der Waals surface area contributed by atoms with Crippen molar-refractivity contribution < 1.29 is 23.9 Å². The average molecular weight is 527 g/mol. The predicted molar refractivity (Wildman–Crippen MR) is 144 cm³/mol.